The normalized spacial score (nSPS) is 15.7. The molecule has 1 aromatic carbocycles. The van der Waals surface area contributed by atoms with Gasteiger partial charge in [-0.1, -0.05) is 6.92 Å². The lowest BCUT2D eigenvalue weighted by Crippen LogP contribution is -2.29. The van der Waals surface area contributed by atoms with Gasteiger partial charge in [0.25, 0.3) is 0 Å². The summed E-state index contributed by atoms with van der Waals surface area (Å²) >= 11 is 0. The van der Waals surface area contributed by atoms with Gasteiger partial charge in [-0.15, -0.1) is 0 Å². The van der Waals surface area contributed by atoms with Gasteiger partial charge in [-0.2, -0.15) is 10.5 Å². The van der Waals surface area contributed by atoms with Crippen LogP contribution in [0, 0.1) is 22.8 Å². The molecule has 0 fully saturated rings. The fraction of sp³-hybridized carbons (Fsp3) is 0.353. The number of benzene rings is 1. The Hall–Kier alpha value is -2.79. The Labute approximate surface area is 130 Å². The van der Waals surface area contributed by atoms with Crippen LogP contribution >= 0.6 is 0 Å². The molecule has 112 valence electrons. The van der Waals surface area contributed by atoms with Crippen molar-refractivity contribution in [3.63, 3.8) is 0 Å². The lowest BCUT2D eigenvalue weighted by Gasteiger charge is -2.30. The van der Waals surface area contributed by atoms with Gasteiger partial charge in [-0.05, 0) is 44.5 Å². The number of fused-ring (bicyclic) bond motifs is 1. The molecule has 5 heteroatoms. The summed E-state index contributed by atoms with van der Waals surface area (Å²) in [6, 6.07) is 7.39. The standard InChI is InChI=1S/C17H18N4O/c1-4-5-16(20-11-19)21-14-9-17(2,3)22-15-7-6-12(10-18)8-13(14)15/h6-9H,4-5H2,1-3H3,(H,20,21). The molecule has 0 aromatic heterocycles. The van der Waals surface area contributed by atoms with Gasteiger partial charge in [-0.25, -0.2) is 4.99 Å². The maximum atomic E-state index is 9.08. The highest BCUT2D eigenvalue weighted by Crippen LogP contribution is 2.37. The predicted molar refractivity (Wildman–Crippen MR) is 84.9 cm³/mol. The third-order valence-corrected chi connectivity index (χ3v) is 3.18. The van der Waals surface area contributed by atoms with Crippen molar-refractivity contribution in [1.29, 1.82) is 10.5 Å². The Morgan fingerprint density at radius 1 is 1.36 bits per heavy atom. The van der Waals surface area contributed by atoms with Crippen molar-refractivity contribution in [2.45, 2.75) is 39.2 Å². The number of aliphatic imine (C=N–C) groups is 1. The first-order valence-electron chi connectivity index (χ1n) is 7.18. The SMILES string of the molecule is CCCC(=NC1=CC(C)(C)Oc2ccc(C#N)cc21)NC#N. The van der Waals surface area contributed by atoms with Crippen LogP contribution in [0.2, 0.25) is 0 Å². The van der Waals surface area contributed by atoms with Crippen LogP contribution < -0.4 is 10.1 Å². The van der Waals surface area contributed by atoms with Gasteiger partial charge >= 0.3 is 0 Å². The Bertz CT molecular complexity index is 717. The second kappa shape index (κ2) is 6.32. The Morgan fingerprint density at radius 3 is 2.77 bits per heavy atom. The number of nitrogens with one attached hydrogen (secondary N) is 1. The summed E-state index contributed by atoms with van der Waals surface area (Å²) < 4.78 is 5.91. The van der Waals surface area contributed by atoms with E-state index in [9.17, 15) is 0 Å². The minimum Gasteiger partial charge on any atom is -0.483 e. The molecule has 0 radical (unpaired) electrons. The molecule has 1 aromatic rings. The summed E-state index contributed by atoms with van der Waals surface area (Å²) in [5.41, 5.74) is 1.54. The van der Waals surface area contributed by atoms with Gasteiger partial charge in [0.2, 0.25) is 0 Å². The van der Waals surface area contributed by atoms with E-state index in [0.717, 1.165) is 17.7 Å². The zero-order valence-corrected chi connectivity index (χ0v) is 13.0. The van der Waals surface area contributed by atoms with Crippen molar-refractivity contribution in [1.82, 2.24) is 5.32 Å². The van der Waals surface area contributed by atoms with Gasteiger partial charge < -0.3 is 4.74 Å². The van der Waals surface area contributed by atoms with E-state index in [1.165, 1.54) is 0 Å². The fourth-order valence-corrected chi connectivity index (χ4v) is 2.29. The molecule has 0 saturated heterocycles. The maximum Gasteiger partial charge on any atom is 0.182 e. The monoisotopic (exact) mass is 294 g/mol. The molecule has 0 unspecified atom stereocenters. The Balaban J connectivity index is 2.53. The highest BCUT2D eigenvalue weighted by atomic mass is 16.5. The molecular formula is C17H18N4O. The summed E-state index contributed by atoms with van der Waals surface area (Å²) in [6.07, 6.45) is 5.39. The molecule has 1 N–H and O–H groups in total. The van der Waals surface area contributed by atoms with E-state index in [1.807, 2.05) is 33.0 Å². The molecule has 1 aliphatic rings. The highest BCUT2D eigenvalue weighted by Gasteiger charge is 2.27. The summed E-state index contributed by atoms with van der Waals surface area (Å²) in [6.45, 7) is 5.92. The lowest BCUT2D eigenvalue weighted by molar-refractivity contribution is 0.158. The minimum atomic E-state index is -0.496. The molecule has 5 nitrogen and oxygen atoms in total. The van der Waals surface area contributed by atoms with Crippen LogP contribution in [0.25, 0.3) is 5.70 Å². The molecule has 1 aliphatic heterocycles. The van der Waals surface area contributed by atoms with E-state index in [0.29, 0.717) is 23.6 Å². The predicted octanol–water partition coefficient (Wildman–Crippen LogP) is 3.34. The van der Waals surface area contributed by atoms with Crippen molar-refractivity contribution in [3.8, 4) is 18.0 Å². The molecule has 2 rings (SSSR count). The smallest absolute Gasteiger partial charge is 0.182 e. The zero-order chi connectivity index (χ0) is 16.2. The van der Waals surface area contributed by atoms with Crippen LogP contribution in [0.5, 0.6) is 5.75 Å². The first-order valence-corrected chi connectivity index (χ1v) is 7.18. The first kappa shape index (κ1) is 15.6. The Kier molecular flexibility index (Phi) is 4.48. The van der Waals surface area contributed by atoms with Gasteiger partial charge in [-0.3, -0.25) is 5.32 Å². The second-order valence-corrected chi connectivity index (χ2v) is 5.60. The van der Waals surface area contributed by atoms with Gasteiger partial charge in [0.05, 0.1) is 17.3 Å². The molecule has 1 heterocycles. The summed E-state index contributed by atoms with van der Waals surface area (Å²) in [5, 5.41) is 20.5. The third kappa shape index (κ3) is 3.45. The van der Waals surface area contributed by atoms with Crippen LogP contribution in [0.3, 0.4) is 0 Å². The van der Waals surface area contributed by atoms with Crippen molar-refractivity contribution in [2.75, 3.05) is 0 Å². The van der Waals surface area contributed by atoms with E-state index in [2.05, 4.69) is 16.4 Å². The third-order valence-electron chi connectivity index (χ3n) is 3.18. The molecule has 0 amide bonds. The van der Waals surface area contributed by atoms with Crippen LogP contribution in [-0.2, 0) is 0 Å². The van der Waals surface area contributed by atoms with Gasteiger partial charge in [0.15, 0.2) is 6.19 Å². The zero-order valence-electron chi connectivity index (χ0n) is 13.0. The topological polar surface area (TPSA) is 81.2 Å². The van der Waals surface area contributed by atoms with Crippen molar-refractivity contribution in [2.24, 2.45) is 4.99 Å². The fourth-order valence-electron chi connectivity index (χ4n) is 2.29. The van der Waals surface area contributed by atoms with Crippen LogP contribution in [0.4, 0.5) is 0 Å². The Morgan fingerprint density at radius 2 is 2.14 bits per heavy atom. The molecule has 0 spiro atoms. The van der Waals surface area contributed by atoms with E-state index in [-0.39, 0.29) is 0 Å². The molecule has 0 saturated carbocycles. The molecular weight excluding hydrogens is 276 g/mol. The van der Waals surface area contributed by atoms with E-state index < -0.39 is 5.60 Å². The van der Waals surface area contributed by atoms with E-state index >= 15 is 0 Å². The summed E-state index contributed by atoms with van der Waals surface area (Å²) in [4.78, 5) is 4.58. The van der Waals surface area contributed by atoms with Gasteiger partial charge in [0.1, 0.15) is 17.2 Å². The average Bonchev–Trinajstić information content (AvgIpc) is 2.46. The molecule has 0 bridgehead atoms. The summed E-state index contributed by atoms with van der Waals surface area (Å²) in [5.74, 6) is 1.31. The average molecular weight is 294 g/mol. The van der Waals surface area contributed by atoms with Crippen molar-refractivity contribution in [3.05, 3.63) is 35.4 Å². The minimum absolute atomic E-state index is 0.496. The number of amidine groups is 1. The number of hydrogen-bond donors (Lipinski definition) is 1. The van der Waals surface area contributed by atoms with Crippen molar-refractivity contribution >= 4 is 11.5 Å². The first-order chi connectivity index (χ1) is 10.5. The molecule has 22 heavy (non-hydrogen) atoms. The van der Waals surface area contributed by atoms with Crippen LogP contribution in [-0.4, -0.2) is 11.4 Å². The van der Waals surface area contributed by atoms with Crippen LogP contribution in [0.1, 0.15) is 44.7 Å². The number of rotatable bonds is 3. The largest absolute Gasteiger partial charge is 0.483 e. The number of nitrogens with zero attached hydrogens (tertiary/aromatic N) is 3. The number of ether oxygens (including phenoxy) is 1. The van der Waals surface area contributed by atoms with E-state index in [1.54, 1.807) is 18.2 Å². The van der Waals surface area contributed by atoms with E-state index in [4.69, 9.17) is 15.3 Å². The summed E-state index contributed by atoms with van der Waals surface area (Å²) in [7, 11) is 0. The van der Waals surface area contributed by atoms with Crippen LogP contribution in [0.15, 0.2) is 29.3 Å². The molecule has 0 atom stereocenters. The maximum absolute atomic E-state index is 9.08. The quantitative estimate of drug-likeness (QED) is 0.401. The highest BCUT2D eigenvalue weighted by molar-refractivity contribution is 5.90. The number of nitriles is 2. The molecule has 0 aliphatic carbocycles. The van der Waals surface area contributed by atoms with Gasteiger partial charge in [0, 0.05) is 12.0 Å². The van der Waals surface area contributed by atoms with Crippen molar-refractivity contribution < 1.29 is 4.74 Å². The second-order valence-electron chi connectivity index (χ2n) is 5.60. The number of hydrogen-bond acceptors (Lipinski definition) is 4. The lowest BCUT2D eigenvalue weighted by atomic mass is 9.98.